The first kappa shape index (κ1) is 20.5. The first-order valence-electron chi connectivity index (χ1n) is 8.26. The molecule has 0 atom stereocenters. The highest BCUT2D eigenvalue weighted by molar-refractivity contribution is 9.10. The minimum absolute atomic E-state index is 0.0441. The van der Waals surface area contributed by atoms with Crippen LogP contribution in [0.2, 0.25) is 5.02 Å². The van der Waals surface area contributed by atoms with E-state index in [1.807, 2.05) is 0 Å². The van der Waals surface area contributed by atoms with Crippen LogP contribution in [0.5, 0.6) is 0 Å². The smallest absolute Gasteiger partial charge is 0.288 e. The quantitative estimate of drug-likeness (QED) is 0.376. The Kier molecular flexibility index (Phi) is 6.26. The second kappa shape index (κ2) is 8.85. The van der Waals surface area contributed by atoms with E-state index in [2.05, 4.69) is 26.6 Å². The summed E-state index contributed by atoms with van der Waals surface area (Å²) >= 11 is 9.07. The van der Waals surface area contributed by atoms with E-state index in [9.17, 15) is 19.7 Å². The molecule has 0 aliphatic rings. The molecule has 0 spiro atoms. The van der Waals surface area contributed by atoms with Gasteiger partial charge in [-0.2, -0.15) is 0 Å². The molecule has 0 aromatic heterocycles. The molecule has 146 valence electrons. The third kappa shape index (κ3) is 5.18. The van der Waals surface area contributed by atoms with Gasteiger partial charge in [-0.15, -0.1) is 0 Å². The van der Waals surface area contributed by atoms with Crippen molar-refractivity contribution in [3.05, 3.63) is 97.5 Å². The average Bonchev–Trinajstić information content (AvgIpc) is 2.70. The zero-order valence-electron chi connectivity index (χ0n) is 14.7. The number of carbonyl (C=O) groups excluding carboxylic acids is 2. The van der Waals surface area contributed by atoms with Crippen molar-refractivity contribution in [1.82, 2.24) is 0 Å². The Labute approximate surface area is 179 Å². The van der Waals surface area contributed by atoms with E-state index in [-0.39, 0.29) is 22.2 Å². The van der Waals surface area contributed by atoms with Crippen molar-refractivity contribution in [2.24, 2.45) is 0 Å². The summed E-state index contributed by atoms with van der Waals surface area (Å²) < 4.78 is 0.875. The number of nitro groups is 1. The molecule has 29 heavy (non-hydrogen) atoms. The molecule has 3 aromatic carbocycles. The van der Waals surface area contributed by atoms with Crippen LogP contribution in [0.4, 0.5) is 17.1 Å². The first-order chi connectivity index (χ1) is 13.8. The fourth-order valence-electron chi connectivity index (χ4n) is 2.44. The normalized spacial score (nSPS) is 10.3. The molecule has 0 aliphatic heterocycles. The Bertz CT molecular complexity index is 1090. The summed E-state index contributed by atoms with van der Waals surface area (Å²) in [7, 11) is 0. The topological polar surface area (TPSA) is 101 Å². The number of nitrogens with zero attached hydrogens (tertiary/aromatic N) is 1. The summed E-state index contributed by atoms with van der Waals surface area (Å²) in [6.45, 7) is 0. The third-order valence-corrected chi connectivity index (χ3v) is 4.76. The highest BCUT2D eigenvalue weighted by Crippen LogP contribution is 2.25. The molecule has 0 heterocycles. The van der Waals surface area contributed by atoms with Crippen LogP contribution in [-0.2, 0) is 0 Å². The van der Waals surface area contributed by atoms with Crippen molar-refractivity contribution >= 4 is 56.4 Å². The minimum Gasteiger partial charge on any atom is -0.322 e. The number of nitrogens with one attached hydrogen (secondary N) is 2. The Morgan fingerprint density at radius 3 is 1.83 bits per heavy atom. The fourth-order valence-corrected chi connectivity index (χ4v) is 2.89. The lowest BCUT2D eigenvalue weighted by atomic mass is 10.1. The number of amides is 2. The van der Waals surface area contributed by atoms with Crippen molar-refractivity contribution in [3.63, 3.8) is 0 Å². The SMILES string of the molecule is O=C(Nc1ccc(NC(=O)c2ccc(Cl)c([N+](=O)[O-])c2)cc1)c1ccc(Br)cc1. The molecule has 2 amide bonds. The Hall–Kier alpha value is -3.23. The average molecular weight is 475 g/mol. The number of nitro benzene ring substituents is 1. The van der Waals surface area contributed by atoms with Crippen LogP contribution in [0.25, 0.3) is 0 Å². The van der Waals surface area contributed by atoms with Gasteiger partial charge in [0, 0.05) is 33.0 Å². The van der Waals surface area contributed by atoms with Gasteiger partial charge in [-0.3, -0.25) is 19.7 Å². The van der Waals surface area contributed by atoms with Crippen molar-refractivity contribution < 1.29 is 14.5 Å². The van der Waals surface area contributed by atoms with Crippen LogP contribution in [-0.4, -0.2) is 16.7 Å². The van der Waals surface area contributed by atoms with Crippen LogP contribution in [0.3, 0.4) is 0 Å². The number of hydrogen-bond acceptors (Lipinski definition) is 4. The Morgan fingerprint density at radius 2 is 1.31 bits per heavy atom. The zero-order valence-corrected chi connectivity index (χ0v) is 17.0. The molecule has 9 heteroatoms. The highest BCUT2D eigenvalue weighted by atomic mass is 79.9. The predicted molar refractivity (Wildman–Crippen MR) is 115 cm³/mol. The number of rotatable bonds is 5. The molecule has 0 saturated heterocycles. The summed E-state index contributed by atoms with van der Waals surface area (Å²) in [6, 6.07) is 17.2. The summed E-state index contributed by atoms with van der Waals surface area (Å²) in [5, 5.41) is 16.3. The number of halogens is 2. The molecule has 3 aromatic rings. The molecule has 3 rings (SSSR count). The second-order valence-corrected chi connectivity index (χ2v) is 7.24. The van der Waals surface area contributed by atoms with Gasteiger partial charge in [0.15, 0.2) is 0 Å². The van der Waals surface area contributed by atoms with Gasteiger partial charge in [0.25, 0.3) is 17.5 Å². The van der Waals surface area contributed by atoms with Crippen molar-refractivity contribution in [3.8, 4) is 0 Å². The van der Waals surface area contributed by atoms with E-state index >= 15 is 0 Å². The van der Waals surface area contributed by atoms with E-state index in [0.717, 1.165) is 10.5 Å². The molecule has 0 unspecified atom stereocenters. The van der Waals surface area contributed by atoms with E-state index in [4.69, 9.17) is 11.6 Å². The highest BCUT2D eigenvalue weighted by Gasteiger charge is 2.16. The summed E-state index contributed by atoms with van der Waals surface area (Å²) in [5.74, 6) is -0.779. The lowest BCUT2D eigenvalue weighted by molar-refractivity contribution is -0.384. The molecule has 0 aliphatic carbocycles. The zero-order chi connectivity index (χ0) is 21.0. The summed E-state index contributed by atoms with van der Waals surface area (Å²) in [6.07, 6.45) is 0. The van der Waals surface area contributed by atoms with Crippen LogP contribution in [0.1, 0.15) is 20.7 Å². The number of hydrogen-bond donors (Lipinski definition) is 2. The third-order valence-electron chi connectivity index (χ3n) is 3.91. The largest absolute Gasteiger partial charge is 0.322 e. The molecule has 0 saturated carbocycles. The van der Waals surface area contributed by atoms with E-state index < -0.39 is 10.8 Å². The minimum atomic E-state index is -0.651. The molecular weight excluding hydrogens is 462 g/mol. The van der Waals surface area contributed by atoms with Crippen LogP contribution in [0.15, 0.2) is 71.2 Å². The van der Waals surface area contributed by atoms with Crippen molar-refractivity contribution in [2.75, 3.05) is 10.6 Å². The van der Waals surface area contributed by atoms with E-state index in [1.54, 1.807) is 48.5 Å². The Morgan fingerprint density at radius 1 is 0.828 bits per heavy atom. The molecule has 0 radical (unpaired) electrons. The van der Waals surface area contributed by atoms with Crippen molar-refractivity contribution in [2.45, 2.75) is 0 Å². The standard InChI is InChI=1S/C20H13BrClN3O4/c21-14-4-1-12(2-5-14)19(26)23-15-6-8-16(9-7-15)24-20(27)13-3-10-17(22)18(11-13)25(28)29/h1-11H,(H,23,26)(H,24,27). The van der Waals surface area contributed by atoms with Gasteiger partial charge in [0.05, 0.1) is 4.92 Å². The van der Waals surface area contributed by atoms with Gasteiger partial charge in [0.2, 0.25) is 0 Å². The number of anilines is 2. The monoisotopic (exact) mass is 473 g/mol. The van der Waals surface area contributed by atoms with Gasteiger partial charge in [-0.1, -0.05) is 27.5 Å². The molecular formula is C20H13BrClN3O4. The van der Waals surface area contributed by atoms with Gasteiger partial charge in [0.1, 0.15) is 5.02 Å². The maximum absolute atomic E-state index is 12.3. The van der Waals surface area contributed by atoms with E-state index in [1.165, 1.54) is 12.1 Å². The lowest BCUT2D eigenvalue weighted by Gasteiger charge is -2.08. The van der Waals surface area contributed by atoms with Gasteiger partial charge >= 0.3 is 0 Å². The number of benzene rings is 3. The van der Waals surface area contributed by atoms with Gasteiger partial charge < -0.3 is 10.6 Å². The van der Waals surface area contributed by atoms with Gasteiger partial charge in [-0.05, 0) is 60.7 Å². The Balaban J connectivity index is 1.66. The summed E-state index contributed by atoms with van der Waals surface area (Å²) in [4.78, 5) is 34.9. The predicted octanol–water partition coefficient (Wildman–Crippen LogP) is 5.52. The molecule has 7 nitrogen and oxygen atoms in total. The van der Waals surface area contributed by atoms with Crippen LogP contribution < -0.4 is 10.6 Å². The molecule has 0 bridgehead atoms. The summed E-state index contributed by atoms with van der Waals surface area (Å²) in [5.41, 5.74) is 1.29. The molecule has 0 fully saturated rings. The maximum atomic E-state index is 12.3. The van der Waals surface area contributed by atoms with Crippen LogP contribution in [0, 0.1) is 10.1 Å². The van der Waals surface area contributed by atoms with Crippen LogP contribution >= 0.6 is 27.5 Å². The first-order valence-corrected chi connectivity index (χ1v) is 9.43. The van der Waals surface area contributed by atoms with Crippen molar-refractivity contribution in [1.29, 1.82) is 0 Å². The number of carbonyl (C=O) groups is 2. The second-order valence-electron chi connectivity index (χ2n) is 5.92. The lowest BCUT2D eigenvalue weighted by Crippen LogP contribution is -2.13. The fraction of sp³-hybridized carbons (Fsp3) is 0. The van der Waals surface area contributed by atoms with E-state index in [0.29, 0.717) is 16.9 Å². The maximum Gasteiger partial charge on any atom is 0.288 e. The molecule has 2 N–H and O–H groups in total. The van der Waals surface area contributed by atoms with Gasteiger partial charge in [-0.25, -0.2) is 0 Å².